The Morgan fingerprint density at radius 2 is 1.76 bits per heavy atom. The molecule has 0 aliphatic rings. The van der Waals surface area contributed by atoms with Crippen LogP contribution in [0.2, 0.25) is 0 Å². The second kappa shape index (κ2) is 7.94. The highest BCUT2D eigenvalue weighted by atomic mass is 32.2. The standard InChI is InChI=1S/C19H19N3O6S/c1-27-16-7-13-15(8-17(16)28-2)21-10-14(19(23)24)18(13)22-9-11-3-5-12(6-4-11)29(20,25)26/h3-8,10H,9H2,1-2H3,(H,21,22)(H,23,24)(H2,20,25,26). The van der Waals surface area contributed by atoms with E-state index in [1.54, 1.807) is 24.3 Å². The lowest BCUT2D eigenvalue weighted by atomic mass is 10.1. The van der Waals surface area contributed by atoms with Gasteiger partial charge < -0.3 is 19.9 Å². The molecular formula is C19H19N3O6S. The molecule has 0 unspecified atom stereocenters. The molecule has 3 aromatic rings. The fourth-order valence-corrected chi connectivity index (χ4v) is 3.37. The van der Waals surface area contributed by atoms with Gasteiger partial charge in [0, 0.05) is 24.2 Å². The van der Waals surface area contributed by atoms with Crippen molar-refractivity contribution in [1.82, 2.24) is 4.98 Å². The maximum absolute atomic E-state index is 11.7. The van der Waals surface area contributed by atoms with Gasteiger partial charge in [0.2, 0.25) is 10.0 Å². The molecule has 0 aliphatic heterocycles. The number of benzene rings is 2. The van der Waals surface area contributed by atoms with E-state index >= 15 is 0 Å². The van der Waals surface area contributed by atoms with E-state index in [0.717, 1.165) is 5.56 Å². The molecule has 0 saturated carbocycles. The zero-order valence-corrected chi connectivity index (χ0v) is 16.5. The molecule has 29 heavy (non-hydrogen) atoms. The average molecular weight is 417 g/mol. The number of fused-ring (bicyclic) bond motifs is 1. The summed E-state index contributed by atoms with van der Waals surface area (Å²) in [4.78, 5) is 15.9. The summed E-state index contributed by atoms with van der Waals surface area (Å²) in [6.45, 7) is 0.249. The van der Waals surface area contributed by atoms with Crippen molar-refractivity contribution in [2.45, 2.75) is 11.4 Å². The lowest BCUT2D eigenvalue weighted by Crippen LogP contribution is -2.12. The lowest BCUT2D eigenvalue weighted by molar-refractivity contribution is 0.0697. The first-order chi connectivity index (χ1) is 13.7. The van der Waals surface area contributed by atoms with Gasteiger partial charge in [0.15, 0.2) is 11.5 Å². The summed E-state index contributed by atoms with van der Waals surface area (Å²) < 4.78 is 33.3. The average Bonchev–Trinajstić information content (AvgIpc) is 2.70. The van der Waals surface area contributed by atoms with Gasteiger partial charge in [0.1, 0.15) is 5.56 Å². The van der Waals surface area contributed by atoms with E-state index < -0.39 is 16.0 Å². The highest BCUT2D eigenvalue weighted by molar-refractivity contribution is 7.89. The van der Waals surface area contributed by atoms with Gasteiger partial charge >= 0.3 is 5.97 Å². The molecule has 1 aromatic heterocycles. The third kappa shape index (κ3) is 4.23. The number of carbonyl (C=O) groups is 1. The number of carboxylic acids is 1. The Morgan fingerprint density at radius 3 is 2.31 bits per heavy atom. The Bertz CT molecular complexity index is 1180. The molecule has 0 amide bonds. The molecule has 0 bridgehead atoms. The number of sulfonamides is 1. The third-order valence-corrected chi connectivity index (χ3v) is 5.25. The predicted octanol–water partition coefficient (Wildman–Crippen LogP) is 2.21. The van der Waals surface area contributed by atoms with Crippen molar-refractivity contribution >= 4 is 32.6 Å². The zero-order valence-electron chi connectivity index (χ0n) is 15.7. The maximum atomic E-state index is 11.7. The number of aromatic nitrogens is 1. The number of hydrogen-bond acceptors (Lipinski definition) is 7. The number of pyridine rings is 1. The number of nitrogens with two attached hydrogens (primary N) is 1. The van der Waals surface area contributed by atoms with Crippen LogP contribution < -0.4 is 19.9 Å². The molecule has 152 valence electrons. The Hall–Kier alpha value is -3.37. The van der Waals surface area contributed by atoms with Crippen molar-refractivity contribution in [3.05, 3.63) is 53.7 Å². The van der Waals surface area contributed by atoms with E-state index in [-0.39, 0.29) is 17.0 Å². The van der Waals surface area contributed by atoms with Crippen LogP contribution in [0.4, 0.5) is 5.69 Å². The van der Waals surface area contributed by atoms with Crippen LogP contribution in [0.15, 0.2) is 47.5 Å². The van der Waals surface area contributed by atoms with E-state index in [9.17, 15) is 18.3 Å². The minimum atomic E-state index is -3.78. The third-order valence-electron chi connectivity index (χ3n) is 4.32. The van der Waals surface area contributed by atoms with Crippen LogP contribution >= 0.6 is 0 Å². The van der Waals surface area contributed by atoms with Gasteiger partial charge in [-0.3, -0.25) is 4.98 Å². The van der Waals surface area contributed by atoms with Crippen molar-refractivity contribution in [3.8, 4) is 11.5 Å². The second-order valence-electron chi connectivity index (χ2n) is 6.12. The number of methoxy groups -OCH3 is 2. The monoisotopic (exact) mass is 417 g/mol. The summed E-state index contributed by atoms with van der Waals surface area (Å²) in [7, 11) is -0.796. The predicted molar refractivity (Wildman–Crippen MR) is 107 cm³/mol. The fraction of sp³-hybridized carbons (Fsp3) is 0.158. The summed E-state index contributed by atoms with van der Waals surface area (Å²) in [6.07, 6.45) is 1.27. The molecule has 9 nitrogen and oxygen atoms in total. The van der Waals surface area contributed by atoms with Gasteiger partial charge in [-0.05, 0) is 23.8 Å². The van der Waals surface area contributed by atoms with Crippen LogP contribution in [0.25, 0.3) is 10.9 Å². The molecule has 0 radical (unpaired) electrons. The zero-order chi connectivity index (χ0) is 21.2. The van der Waals surface area contributed by atoms with E-state index in [2.05, 4.69) is 10.3 Å². The topological polar surface area (TPSA) is 141 Å². The minimum Gasteiger partial charge on any atom is -0.493 e. The first-order valence-electron chi connectivity index (χ1n) is 8.38. The number of anilines is 1. The number of carboxylic acid groups (broad SMARTS) is 1. The van der Waals surface area contributed by atoms with Gasteiger partial charge in [0.05, 0.1) is 30.3 Å². The van der Waals surface area contributed by atoms with E-state index in [1.807, 2.05) is 0 Å². The molecule has 2 aromatic carbocycles. The summed E-state index contributed by atoms with van der Waals surface area (Å²) in [5.41, 5.74) is 1.61. The molecule has 4 N–H and O–H groups in total. The lowest BCUT2D eigenvalue weighted by Gasteiger charge is -2.15. The van der Waals surface area contributed by atoms with Gasteiger partial charge in [-0.25, -0.2) is 18.4 Å². The van der Waals surface area contributed by atoms with Crippen molar-refractivity contribution in [3.63, 3.8) is 0 Å². The second-order valence-corrected chi connectivity index (χ2v) is 7.68. The van der Waals surface area contributed by atoms with Gasteiger partial charge in [-0.15, -0.1) is 0 Å². The van der Waals surface area contributed by atoms with E-state index in [1.165, 1.54) is 32.5 Å². The SMILES string of the molecule is COc1cc2ncc(C(=O)O)c(NCc3ccc(S(N)(=O)=O)cc3)c2cc1OC. The maximum Gasteiger partial charge on any atom is 0.339 e. The molecule has 10 heteroatoms. The van der Waals surface area contributed by atoms with Crippen LogP contribution in [-0.4, -0.2) is 38.7 Å². The first-order valence-corrected chi connectivity index (χ1v) is 9.93. The molecule has 0 spiro atoms. The molecule has 0 saturated heterocycles. The van der Waals surface area contributed by atoms with Crippen molar-refractivity contribution < 1.29 is 27.8 Å². The fourth-order valence-electron chi connectivity index (χ4n) is 2.86. The highest BCUT2D eigenvalue weighted by Crippen LogP contribution is 2.36. The minimum absolute atomic E-state index is 0.00123. The number of ether oxygens (including phenoxy) is 2. The number of nitrogens with zero attached hydrogens (tertiary/aromatic N) is 1. The normalized spacial score (nSPS) is 11.3. The van der Waals surface area contributed by atoms with Crippen LogP contribution in [0.5, 0.6) is 11.5 Å². The first kappa shape index (κ1) is 20.4. The Morgan fingerprint density at radius 1 is 1.14 bits per heavy atom. The Balaban J connectivity index is 2.02. The van der Waals surface area contributed by atoms with Crippen molar-refractivity contribution in [2.75, 3.05) is 19.5 Å². The van der Waals surface area contributed by atoms with Gasteiger partial charge in [0.25, 0.3) is 0 Å². The Kier molecular flexibility index (Phi) is 5.57. The highest BCUT2D eigenvalue weighted by Gasteiger charge is 2.17. The summed E-state index contributed by atoms with van der Waals surface area (Å²) >= 11 is 0. The van der Waals surface area contributed by atoms with E-state index in [0.29, 0.717) is 28.1 Å². The van der Waals surface area contributed by atoms with Crippen LogP contribution in [-0.2, 0) is 16.6 Å². The van der Waals surface area contributed by atoms with Crippen molar-refractivity contribution in [2.24, 2.45) is 5.14 Å². The number of aromatic carboxylic acids is 1. The van der Waals surface area contributed by atoms with Crippen molar-refractivity contribution in [1.29, 1.82) is 0 Å². The van der Waals surface area contributed by atoms with Crippen LogP contribution in [0.1, 0.15) is 15.9 Å². The summed E-state index contributed by atoms with van der Waals surface area (Å²) in [5, 5.41) is 18.3. The van der Waals surface area contributed by atoms with Gasteiger partial charge in [-0.2, -0.15) is 0 Å². The van der Waals surface area contributed by atoms with Crippen LogP contribution in [0.3, 0.4) is 0 Å². The number of nitrogens with one attached hydrogen (secondary N) is 1. The number of hydrogen-bond donors (Lipinski definition) is 3. The van der Waals surface area contributed by atoms with Crippen LogP contribution in [0, 0.1) is 0 Å². The molecule has 0 aliphatic carbocycles. The Labute approximate surface area is 167 Å². The molecule has 1 heterocycles. The molecule has 0 atom stereocenters. The molecular weight excluding hydrogens is 398 g/mol. The number of primary sulfonamides is 1. The largest absolute Gasteiger partial charge is 0.493 e. The van der Waals surface area contributed by atoms with Gasteiger partial charge in [-0.1, -0.05) is 12.1 Å². The number of rotatable bonds is 7. The summed E-state index contributed by atoms with van der Waals surface area (Å²) in [6, 6.07) is 9.29. The smallest absolute Gasteiger partial charge is 0.339 e. The summed E-state index contributed by atoms with van der Waals surface area (Å²) in [5.74, 6) is -0.230. The molecule has 0 fully saturated rings. The van der Waals surface area contributed by atoms with E-state index in [4.69, 9.17) is 14.6 Å². The molecule has 3 rings (SSSR count). The quantitative estimate of drug-likeness (QED) is 0.531.